The largest absolute Gasteiger partial charge is 0.494 e. The molecule has 0 spiro atoms. The summed E-state index contributed by atoms with van der Waals surface area (Å²) in [7, 11) is 1.53. The Hall–Kier alpha value is -3.33. The van der Waals surface area contributed by atoms with Gasteiger partial charge in [0.15, 0.2) is 0 Å². The van der Waals surface area contributed by atoms with Crippen LogP contribution in [0.3, 0.4) is 0 Å². The van der Waals surface area contributed by atoms with Gasteiger partial charge in [0.1, 0.15) is 40.4 Å². The first-order valence-corrected chi connectivity index (χ1v) is 6.84. The van der Waals surface area contributed by atoms with E-state index in [1.165, 1.54) is 17.9 Å². The summed E-state index contributed by atoms with van der Waals surface area (Å²) in [5.74, 6) is 0.218. The first-order chi connectivity index (χ1) is 11.2. The van der Waals surface area contributed by atoms with Crippen LogP contribution in [-0.4, -0.2) is 16.9 Å². The second-order valence-electron chi connectivity index (χ2n) is 4.78. The fourth-order valence-electron chi connectivity index (χ4n) is 2.37. The number of nitrogens with zero attached hydrogens (tertiary/aromatic N) is 3. The summed E-state index contributed by atoms with van der Waals surface area (Å²) in [4.78, 5) is 0. The van der Waals surface area contributed by atoms with Gasteiger partial charge in [-0.15, -0.1) is 0 Å². The zero-order chi connectivity index (χ0) is 16.4. The Morgan fingerprint density at radius 2 is 1.87 bits per heavy atom. The molecule has 0 radical (unpaired) electrons. The lowest BCUT2D eigenvalue weighted by atomic mass is 10.1. The van der Waals surface area contributed by atoms with Crippen molar-refractivity contribution in [1.82, 2.24) is 9.78 Å². The normalized spacial score (nSPS) is 10.3. The van der Waals surface area contributed by atoms with Crippen molar-refractivity contribution in [3.8, 4) is 28.8 Å². The summed E-state index contributed by atoms with van der Waals surface area (Å²) in [6, 6.07) is 15.3. The number of nitrogen functional groups attached to an aromatic ring is 1. The van der Waals surface area contributed by atoms with Crippen molar-refractivity contribution in [2.45, 2.75) is 0 Å². The molecular weight excluding hydrogens is 295 g/mol. The second-order valence-corrected chi connectivity index (χ2v) is 4.78. The van der Waals surface area contributed by atoms with Crippen LogP contribution >= 0.6 is 0 Å². The molecule has 0 aliphatic carbocycles. The van der Waals surface area contributed by atoms with Gasteiger partial charge in [-0.25, -0.2) is 9.07 Å². The molecule has 0 saturated heterocycles. The van der Waals surface area contributed by atoms with Gasteiger partial charge in [-0.1, -0.05) is 24.3 Å². The third kappa shape index (κ3) is 2.38. The second kappa shape index (κ2) is 5.81. The molecule has 3 rings (SSSR count). The van der Waals surface area contributed by atoms with Crippen LogP contribution in [0.15, 0.2) is 48.5 Å². The maximum absolute atomic E-state index is 14.1. The maximum Gasteiger partial charge on any atom is 0.146 e. The minimum atomic E-state index is -0.464. The van der Waals surface area contributed by atoms with Gasteiger partial charge in [-0.2, -0.15) is 10.4 Å². The van der Waals surface area contributed by atoms with E-state index in [0.29, 0.717) is 11.4 Å². The number of hydrogen-bond donors (Lipinski definition) is 1. The molecule has 1 aromatic heterocycles. The standard InChI is InChI=1S/C17H13FN4O/c1-23-15-9-5-4-8-14(15)22-17(20)12(10-19)16(21-22)11-6-2-3-7-13(11)18/h2-9H,20H2,1H3. The summed E-state index contributed by atoms with van der Waals surface area (Å²) in [5.41, 5.74) is 7.19. The molecular formula is C17H13FN4O. The molecule has 0 bridgehead atoms. The third-order valence-electron chi connectivity index (χ3n) is 3.48. The molecule has 114 valence electrons. The van der Waals surface area contributed by atoms with Crippen LogP contribution in [0.1, 0.15) is 5.56 Å². The predicted molar refractivity (Wildman–Crippen MR) is 84.6 cm³/mol. The molecule has 2 N–H and O–H groups in total. The van der Waals surface area contributed by atoms with E-state index < -0.39 is 5.82 Å². The highest BCUT2D eigenvalue weighted by Gasteiger charge is 2.21. The molecule has 0 aliphatic rings. The van der Waals surface area contributed by atoms with Crippen LogP contribution in [0, 0.1) is 17.1 Å². The number of nitrogens with two attached hydrogens (primary N) is 1. The van der Waals surface area contributed by atoms with Gasteiger partial charge in [-0.3, -0.25) is 0 Å². The highest BCUT2D eigenvalue weighted by Crippen LogP contribution is 2.32. The molecule has 3 aromatic rings. The van der Waals surface area contributed by atoms with Crippen LogP contribution in [0.25, 0.3) is 16.9 Å². The predicted octanol–water partition coefficient (Wildman–Crippen LogP) is 3.14. The number of benzene rings is 2. The van der Waals surface area contributed by atoms with Crippen LogP contribution < -0.4 is 10.5 Å². The minimum Gasteiger partial charge on any atom is -0.494 e. The Labute approximate surface area is 132 Å². The monoisotopic (exact) mass is 308 g/mol. The van der Waals surface area contributed by atoms with E-state index >= 15 is 0 Å². The van der Waals surface area contributed by atoms with Gasteiger partial charge in [0.05, 0.1) is 7.11 Å². The minimum absolute atomic E-state index is 0.126. The number of anilines is 1. The van der Waals surface area contributed by atoms with Crippen molar-refractivity contribution >= 4 is 5.82 Å². The topological polar surface area (TPSA) is 76.9 Å². The number of para-hydroxylation sites is 2. The van der Waals surface area contributed by atoms with E-state index in [-0.39, 0.29) is 22.6 Å². The molecule has 23 heavy (non-hydrogen) atoms. The van der Waals surface area contributed by atoms with E-state index in [9.17, 15) is 9.65 Å². The molecule has 2 aromatic carbocycles. The van der Waals surface area contributed by atoms with Gasteiger partial charge in [0, 0.05) is 5.56 Å². The lowest BCUT2D eigenvalue weighted by Crippen LogP contribution is -2.04. The first kappa shape index (κ1) is 14.6. The Bertz CT molecular complexity index is 911. The molecule has 5 nitrogen and oxygen atoms in total. The summed E-state index contributed by atoms with van der Waals surface area (Å²) >= 11 is 0. The van der Waals surface area contributed by atoms with Crippen LogP contribution in [0.4, 0.5) is 10.2 Å². The lowest BCUT2D eigenvalue weighted by molar-refractivity contribution is 0.412. The average molecular weight is 308 g/mol. The molecule has 0 aliphatic heterocycles. The van der Waals surface area contributed by atoms with Gasteiger partial charge >= 0.3 is 0 Å². The molecule has 6 heteroatoms. The SMILES string of the molecule is COc1ccccc1-n1nc(-c2ccccc2F)c(C#N)c1N. The van der Waals surface area contributed by atoms with Crippen molar-refractivity contribution in [1.29, 1.82) is 5.26 Å². The van der Waals surface area contributed by atoms with E-state index in [2.05, 4.69) is 5.10 Å². The molecule has 0 fully saturated rings. The lowest BCUT2D eigenvalue weighted by Gasteiger charge is -2.09. The molecule has 1 heterocycles. The fourth-order valence-corrected chi connectivity index (χ4v) is 2.37. The average Bonchev–Trinajstić information content (AvgIpc) is 2.91. The highest BCUT2D eigenvalue weighted by molar-refractivity contribution is 5.74. The zero-order valence-corrected chi connectivity index (χ0v) is 12.3. The number of rotatable bonds is 3. The molecule has 0 unspecified atom stereocenters. The maximum atomic E-state index is 14.1. The number of hydrogen-bond acceptors (Lipinski definition) is 4. The number of nitriles is 1. The van der Waals surface area contributed by atoms with Crippen molar-refractivity contribution in [2.24, 2.45) is 0 Å². The smallest absolute Gasteiger partial charge is 0.146 e. The summed E-state index contributed by atoms with van der Waals surface area (Å²) in [6.07, 6.45) is 0. The Kier molecular flexibility index (Phi) is 3.69. The van der Waals surface area contributed by atoms with E-state index in [4.69, 9.17) is 10.5 Å². The summed E-state index contributed by atoms with van der Waals surface area (Å²) < 4.78 is 20.7. The molecule has 0 saturated carbocycles. The highest BCUT2D eigenvalue weighted by atomic mass is 19.1. The Morgan fingerprint density at radius 3 is 2.57 bits per heavy atom. The van der Waals surface area contributed by atoms with Gasteiger partial charge < -0.3 is 10.5 Å². The van der Waals surface area contributed by atoms with Crippen LogP contribution in [0.2, 0.25) is 0 Å². The van der Waals surface area contributed by atoms with Gasteiger partial charge in [-0.05, 0) is 24.3 Å². The van der Waals surface area contributed by atoms with E-state index in [1.807, 2.05) is 12.1 Å². The number of halogens is 1. The van der Waals surface area contributed by atoms with Crippen molar-refractivity contribution < 1.29 is 9.13 Å². The van der Waals surface area contributed by atoms with Crippen molar-refractivity contribution in [3.05, 3.63) is 59.9 Å². The number of aromatic nitrogens is 2. The fraction of sp³-hybridized carbons (Fsp3) is 0.0588. The Morgan fingerprint density at radius 1 is 1.17 bits per heavy atom. The summed E-state index contributed by atoms with van der Waals surface area (Å²) in [6.45, 7) is 0. The number of ether oxygens (including phenoxy) is 1. The van der Waals surface area contributed by atoms with Crippen molar-refractivity contribution in [2.75, 3.05) is 12.8 Å². The first-order valence-electron chi connectivity index (χ1n) is 6.84. The third-order valence-corrected chi connectivity index (χ3v) is 3.48. The van der Waals surface area contributed by atoms with E-state index in [1.54, 1.807) is 36.4 Å². The van der Waals surface area contributed by atoms with Gasteiger partial charge in [0.25, 0.3) is 0 Å². The van der Waals surface area contributed by atoms with E-state index in [0.717, 1.165) is 0 Å². The van der Waals surface area contributed by atoms with Gasteiger partial charge in [0.2, 0.25) is 0 Å². The van der Waals surface area contributed by atoms with Crippen LogP contribution in [0.5, 0.6) is 5.75 Å². The van der Waals surface area contributed by atoms with Crippen molar-refractivity contribution in [3.63, 3.8) is 0 Å². The quantitative estimate of drug-likeness (QED) is 0.806. The molecule has 0 amide bonds. The number of methoxy groups -OCH3 is 1. The zero-order valence-electron chi connectivity index (χ0n) is 12.3. The van der Waals surface area contributed by atoms with Crippen LogP contribution in [-0.2, 0) is 0 Å². The summed E-state index contributed by atoms with van der Waals surface area (Å²) in [5, 5.41) is 13.7. The molecule has 0 atom stereocenters. The Balaban J connectivity index is 2.27.